The molecular formula is C15H24N2O2S2. The van der Waals surface area contributed by atoms with E-state index in [1.54, 1.807) is 6.07 Å². The second-order valence-electron chi connectivity index (χ2n) is 6.35. The Morgan fingerprint density at radius 1 is 1.24 bits per heavy atom. The average Bonchev–Trinajstić information content (AvgIpc) is 3.15. The van der Waals surface area contributed by atoms with Crippen LogP contribution in [0.3, 0.4) is 0 Å². The van der Waals surface area contributed by atoms with Crippen molar-refractivity contribution in [3.05, 3.63) is 16.3 Å². The van der Waals surface area contributed by atoms with E-state index in [-0.39, 0.29) is 6.04 Å². The second-order valence-corrected chi connectivity index (χ2v) is 9.04. The minimum atomic E-state index is -3.39. The second kappa shape index (κ2) is 6.36. The van der Waals surface area contributed by atoms with E-state index in [2.05, 4.69) is 17.0 Å². The molecule has 118 valence electrons. The van der Waals surface area contributed by atoms with Crippen LogP contribution in [-0.4, -0.2) is 20.5 Å². The molecule has 2 saturated carbocycles. The molecular weight excluding hydrogens is 304 g/mol. The molecule has 2 fully saturated rings. The summed E-state index contributed by atoms with van der Waals surface area (Å²) in [4.78, 5) is 1.40. The Morgan fingerprint density at radius 2 is 2.00 bits per heavy atom. The zero-order valence-corrected chi connectivity index (χ0v) is 14.1. The predicted molar refractivity (Wildman–Crippen MR) is 85.9 cm³/mol. The van der Waals surface area contributed by atoms with Crippen LogP contribution in [0, 0.1) is 5.92 Å². The van der Waals surface area contributed by atoms with E-state index in [1.807, 2.05) is 5.38 Å². The summed E-state index contributed by atoms with van der Waals surface area (Å²) in [7, 11) is -3.39. The van der Waals surface area contributed by atoms with Crippen molar-refractivity contribution >= 4 is 21.4 Å². The van der Waals surface area contributed by atoms with E-state index < -0.39 is 10.0 Å². The Bertz CT molecular complexity index is 578. The molecule has 2 aliphatic rings. The highest BCUT2D eigenvalue weighted by Crippen LogP contribution is 2.28. The maximum atomic E-state index is 12.7. The smallest absolute Gasteiger partial charge is 0.241 e. The van der Waals surface area contributed by atoms with Gasteiger partial charge in [-0.1, -0.05) is 19.8 Å². The molecule has 3 rings (SSSR count). The quantitative estimate of drug-likeness (QED) is 0.844. The zero-order chi connectivity index (χ0) is 14.9. The van der Waals surface area contributed by atoms with Gasteiger partial charge in [0.15, 0.2) is 0 Å². The van der Waals surface area contributed by atoms with Crippen LogP contribution in [0.15, 0.2) is 16.3 Å². The van der Waals surface area contributed by atoms with Gasteiger partial charge in [-0.05, 0) is 43.0 Å². The molecule has 0 radical (unpaired) electrons. The van der Waals surface area contributed by atoms with E-state index >= 15 is 0 Å². The van der Waals surface area contributed by atoms with Gasteiger partial charge in [-0.2, -0.15) is 0 Å². The Morgan fingerprint density at radius 3 is 2.71 bits per heavy atom. The summed E-state index contributed by atoms with van der Waals surface area (Å²) in [6, 6.07) is 2.42. The molecule has 0 saturated heterocycles. The van der Waals surface area contributed by atoms with Gasteiger partial charge in [-0.15, -0.1) is 11.3 Å². The lowest BCUT2D eigenvalue weighted by atomic mass is 9.87. The van der Waals surface area contributed by atoms with E-state index in [4.69, 9.17) is 0 Å². The molecule has 0 spiro atoms. The Hall–Kier alpha value is -0.430. The molecule has 0 amide bonds. The summed E-state index contributed by atoms with van der Waals surface area (Å²) in [6.07, 6.45) is 6.84. The highest BCUT2D eigenvalue weighted by Gasteiger charge is 2.29. The fourth-order valence-electron chi connectivity index (χ4n) is 2.98. The fraction of sp³-hybridized carbons (Fsp3) is 0.733. The van der Waals surface area contributed by atoms with Crippen LogP contribution in [-0.2, 0) is 16.6 Å². The first-order valence-electron chi connectivity index (χ1n) is 7.88. The molecule has 21 heavy (non-hydrogen) atoms. The van der Waals surface area contributed by atoms with Crippen molar-refractivity contribution in [3.63, 3.8) is 0 Å². The van der Waals surface area contributed by atoms with Crippen molar-refractivity contribution in [3.8, 4) is 0 Å². The van der Waals surface area contributed by atoms with Gasteiger partial charge >= 0.3 is 0 Å². The first kappa shape index (κ1) is 15.5. The highest BCUT2D eigenvalue weighted by molar-refractivity contribution is 7.89. The minimum Gasteiger partial charge on any atom is -0.309 e. The molecule has 2 N–H and O–H groups in total. The van der Waals surface area contributed by atoms with Crippen molar-refractivity contribution < 1.29 is 8.42 Å². The summed E-state index contributed by atoms with van der Waals surface area (Å²) in [5.74, 6) is 0.431. The molecule has 0 aromatic carbocycles. The van der Waals surface area contributed by atoms with Gasteiger partial charge in [-0.3, -0.25) is 0 Å². The number of nitrogens with one attached hydrogen (secondary N) is 2. The Kier molecular flexibility index (Phi) is 4.69. The average molecular weight is 329 g/mol. The Balaban J connectivity index is 1.70. The molecule has 0 bridgehead atoms. The van der Waals surface area contributed by atoms with E-state index in [1.165, 1.54) is 30.6 Å². The first-order valence-corrected chi connectivity index (χ1v) is 10.2. The monoisotopic (exact) mass is 328 g/mol. The number of hydrogen-bond acceptors (Lipinski definition) is 4. The standard InChI is InChI=1S/C15H24N2O2S2/c1-11-4-2-3-5-13(11)17-21(18,19)15-8-9-20-14(15)10-16-12-6-7-12/h8-9,11-13,16-17H,2-7,10H2,1H3. The molecule has 2 aliphatic carbocycles. The van der Waals surface area contributed by atoms with Crippen molar-refractivity contribution in [1.82, 2.24) is 10.0 Å². The van der Waals surface area contributed by atoms with Crippen molar-refractivity contribution in [2.45, 2.75) is 69.0 Å². The Labute approximate surface area is 131 Å². The van der Waals surface area contributed by atoms with Gasteiger partial charge in [0.05, 0.1) is 4.90 Å². The number of rotatable bonds is 6. The molecule has 1 aromatic rings. The fourth-order valence-corrected chi connectivity index (χ4v) is 5.75. The lowest BCUT2D eigenvalue weighted by Gasteiger charge is -2.29. The SMILES string of the molecule is CC1CCCCC1NS(=O)(=O)c1ccsc1CNC1CC1. The topological polar surface area (TPSA) is 58.2 Å². The van der Waals surface area contributed by atoms with Crippen LogP contribution in [0.4, 0.5) is 0 Å². The van der Waals surface area contributed by atoms with Crippen LogP contribution in [0.2, 0.25) is 0 Å². The molecule has 6 heteroatoms. The van der Waals surface area contributed by atoms with Crippen LogP contribution < -0.4 is 10.0 Å². The molecule has 1 heterocycles. The van der Waals surface area contributed by atoms with Crippen molar-refractivity contribution in [2.75, 3.05) is 0 Å². The van der Waals surface area contributed by atoms with Crippen LogP contribution in [0.25, 0.3) is 0 Å². The summed E-state index contributed by atoms with van der Waals surface area (Å²) >= 11 is 1.53. The minimum absolute atomic E-state index is 0.0906. The number of hydrogen-bond donors (Lipinski definition) is 2. The largest absolute Gasteiger partial charge is 0.309 e. The van der Waals surface area contributed by atoms with Gasteiger partial charge in [0.2, 0.25) is 10.0 Å². The number of thiophene rings is 1. The summed E-state index contributed by atoms with van der Waals surface area (Å²) in [5, 5.41) is 5.28. The van der Waals surface area contributed by atoms with Gasteiger partial charge in [-0.25, -0.2) is 13.1 Å². The third kappa shape index (κ3) is 3.86. The molecule has 2 unspecified atom stereocenters. The van der Waals surface area contributed by atoms with E-state index in [0.29, 0.717) is 23.4 Å². The maximum Gasteiger partial charge on any atom is 0.241 e. The van der Waals surface area contributed by atoms with Gasteiger partial charge < -0.3 is 5.32 Å². The normalized spacial score (nSPS) is 26.9. The zero-order valence-electron chi connectivity index (χ0n) is 12.5. The summed E-state index contributed by atoms with van der Waals surface area (Å²) in [5.41, 5.74) is 0. The van der Waals surface area contributed by atoms with E-state index in [0.717, 1.165) is 24.1 Å². The van der Waals surface area contributed by atoms with Crippen molar-refractivity contribution in [2.24, 2.45) is 5.92 Å². The van der Waals surface area contributed by atoms with Gasteiger partial charge in [0.1, 0.15) is 0 Å². The maximum absolute atomic E-state index is 12.7. The highest BCUT2D eigenvalue weighted by atomic mass is 32.2. The third-order valence-corrected chi connectivity index (χ3v) is 7.17. The lowest BCUT2D eigenvalue weighted by Crippen LogP contribution is -2.41. The number of sulfonamides is 1. The molecule has 4 nitrogen and oxygen atoms in total. The van der Waals surface area contributed by atoms with Gasteiger partial charge in [0, 0.05) is 23.5 Å². The van der Waals surface area contributed by atoms with E-state index in [9.17, 15) is 8.42 Å². The third-order valence-electron chi connectivity index (χ3n) is 4.54. The summed E-state index contributed by atoms with van der Waals surface area (Å²) < 4.78 is 28.3. The van der Waals surface area contributed by atoms with Crippen LogP contribution in [0.5, 0.6) is 0 Å². The summed E-state index contributed by atoms with van der Waals surface area (Å²) in [6.45, 7) is 2.81. The first-order chi connectivity index (χ1) is 10.1. The van der Waals surface area contributed by atoms with Gasteiger partial charge in [0.25, 0.3) is 0 Å². The predicted octanol–water partition coefficient (Wildman–Crippen LogP) is 2.86. The van der Waals surface area contributed by atoms with Crippen molar-refractivity contribution in [1.29, 1.82) is 0 Å². The molecule has 1 aromatic heterocycles. The van der Waals surface area contributed by atoms with Crippen LogP contribution >= 0.6 is 11.3 Å². The molecule has 2 atom stereocenters. The van der Waals surface area contributed by atoms with Crippen LogP contribution in [0.1, 0.15) is 50.3 Å². The molecule has 0 aliphatic heterocycles. The lowest BCUT2D eigenvalue weighted by molar-refractivity contribution is 0.310.